The van der Waals surface area contributed by atoms with Crippen molar-refractivity contribution in [3.8, 4) is 10.6 Å². The molecule has 7 heteroatoms. The van der Waals surface area contributed by atoms with Gasteiger partial charge < -0.3 is 16.2 Å². The number of nitrogen functional groups attached to an aromatic ring is 1. The molecule has 0 unspecified atom stereocenters. The van der Waals surface area contributed by atoms with E-state index in [-0.39, 0.29) is 6.61 Å². The standard InChI is InChI=1S/C11H16N4OS2/c1-6-4-17-9(13-6)7-8(12)15-18-10(7)14-11(2,3)5-16/h4,14,16H,5H2,1-3H3,(H2,12,15). The fourth-order valence-electron chi connectivity index (χ4n) is 1.41. The molecule has 4 N–H and O–H groups in total. The molecule has 0 aliphatic carbocycles. The van der Waals surface area contributed by atoms with Crippen molar-refractivity contribution in [3.63, 3.8) is 0 Å². The lowest BCUT2D eigenvalue weighted by Crippen LogP contribution is -2.34. The number of hydrogen-bond donors (Lipinski definition) is 3. The maximum Gasteiger partial charge on any atom is 0.149 e. The van der Waals surface area contributed by atoms with Crippen LogP contribution in [0.4, 0.5) is 10.8 Å². The summed E-state index contributed by atoms with van der Waals surface area (Å²) in [5, 5.41) is 16.2. The second kappa shape index (κ2) is 4.83. The Hall–Kier alpha value is -1.18. The summed E-state index contributed by atoms with van der Waals surface area (Å²) >= 11 is 2.83. The minimum absolute atomic E-state index is 0.0289. The Kier molecular flexibility index (Phi) is 3.56. The summed E-state index contributed by atoms with van der Waals surface area (Å²) in [6.07, 6.45) is 0. The molecule has 0 aromatic carbocycles. The van der Waals surface area contributed by atoms with Gasteiger partial charge >= 0.3 is 0 Å². The predicted octanol–water partition coefficient (Wildman–Crippen LogP) is 2.34. The van der Waals surface area contributed by atoms with E-state index in [0.29, 0.717) is 5.82 Å². The van der Waals surface area contributed by atoms with Crippen LogP contribution in [-0.4, -0.2) is 26.6 Å². The topological polar surface area (TPSA) is 84.1 Å². The molecule has 2 heterocycles. The lowest BCUT2D eigenvalue weighted by atomic mass is 10.1. The Morgan fingerprint density at radius 1 is 1.50 bits per heavy atom. The van der Waals surface area contributed by atoms with Crippen LogP contribution in [-0.2, 0) is 0 Å². The largest absolute Gasteiger partial charge is 0.394 e. The molecule has 2 aromatic heterocycles. The smallest absolute Gasteiger partial charge is 0.149 e. The Balaban J connectivity index is 2.39. The van der Waals surface area contributed by atoms with E-state index >= 15 is 0 Å². The second-order valence-electron chi connectivity index (χ2n) is 4.73. The summed E-state index contributed by atoms with van der Waals surface area (Å²) in [5.74, 6) is 0.477. The average molecular weight is 284 g/mol. The Labute approximate surface area is 114 Å². The molecule has 0 saturated heterocycles. The predicted molar refractivity (Wildman–Crippen MR) is 77.2 cm³/mol. The molecule has 18 heavy (non-hydrogen) atoms. The Morgan fingerprint density at radius 2 is 2.22 bits per heavy atom. The Morgan fingerprint density at radius 3 is 2.78 bits per heavy atom. The van der Waals surface area contributed by atoms with Gasteiger partial charge in [0.05, 0.1) is 17.7 Å². The first-order valence-corrected chi connectivity index (χ1v) is 7.15. The molecule has 0 radical (unpaired) electrons. The molecule has 0 fully saturated rings. The monoisotopic (exact) mass is 284 g/mol. The number of nitrogens with two attached hydrogens (primary N) is 1. The molecule has 0 aliphatic rings. The number of aliphatic hydroxyl groups excluding tert-OH is 1. The van der Waals surface area contributed by atoms with Crippen molar-refractivity contribution in [2.45, 2.75) is 26.3 Å². The van der Waals surface area contributed by atoms with Crippen LogP contribution in [0.5, 0.6) is 0 Å². The van der Waals surface area contributed by atoms with Gasteiger partial charge in [-0.1, -0.05) is 0 Å². The molecule has 98 valence electrons. The second-order valence-corrected chi connectivity index (χ2v) is 6.36. The van der Waals surface area contributed by atoms with Crippen LogP contribution in [0, 0.1) is 6.92 Å². The zero-order valence-electron chi connectivity index (χ0n) is 10.5. The molecule has 0 atom stereocenters. The normalized spacial score (nSPS) is 11.8. The van der Waals surface area contributed by atoms with Crippen molar-refractivity contribution < 1.29 is 5.11 Å². The highest BCUT2D eigenvalue weighted by molar-refractivity contribution is 7.15. The third kappa shape index (κ3) is 2.63. The van der Waals surface area contributed by atoms with Crippen molar-refractivity contribution in [3.05, 3.63) is 11.1 Å². The maximum atomic E-state index is 9.31. The first-order chi connectivity index (χ1) is 8.43. The minimum Gasteiger partial charge on any atom is -0.394 e. The molecule has 0 saturated carbocycles. The van der Waals surface area contributed by atoms with E-state index in [1.54, 1.807) is 11.3 Å². The van der Waals surface area contributed by atoms with E-state index in [1.165, 1.54) is 11.5 Å². The van der Waals surface area contributed by atoms with Gasteiger partial charge in [-0.2, -0.15) is 4.37 Å². The summed E-state index contributed by atoms with van der Waals surface area (Å²) in [6, 6.07) is 0. The van der Waals surface area contributed by atoms with E-state index in [9.17, 15) is 5.11 Å². The Bertz CT molecular complexity index is 547. The van der Waals surface area contributed by atoms with Crippen LogP contribution in [0.1, 0.15) is 19.5 Å². The van der Waals surface area contributed by atoms with Crippen LogP contribution < -0.4 is 11.1 Å². The summed E-state index contributed by atoms with van der Waals surface area (Å²) in [7, 11) is 0. The van der Waals surface area contributed by atoms with Gasteiger partial charge in [0.1, 0.15) is 15.8 Å². The first kappa shape index (κ1) is 13.3. The number of rotatable bonds is 4. The SMILES string of the molecule is Cc1csc(-c2c(N)nsc2NC(C)(C)CO)n1. The molecular formula is C11H16N4OS2. The molecule has 0 spiro atoms. The van der Waals surface area contributed by atoms with Gasteiger partial charge in [-0.25, -0.2) is 4.98 Å². The maximum absolute atomic E-state index is 9.31. The van der Waals surface area contributed by atoms with Crippen LogP contribution in [0.15, 0.2) is 5.38 Å². The zero-order chi connectivity index (χ0) is 13.3. The van der Waals surface area contributed by atoms with Gasteiger partial charge in [0.25, 0.3) is 0 Å². The zero-order valence-corrected chi connectivity index (χ0v) is 12.2. The number of nitrogens with zero attached hydrogens (tertiary/aromatic N) is 2. The number of aliphatic hydroxyl groups is 1. The van der Waals surface area contributed by atoms with Gasteiger partial charge in [0.15, 0.2) is 0 Å². The summed E-state index contributed by atoms with van der Waals surface area (Å²) in [4.78, 5) is 4.43. The minimum atomic E-state index is -0.417. The van der Waals surface area contributed by atoms with E-state index in [4.69, 9.17) is 5.73 Å². The molecule has 0 bridgehead atoms. The molecule has 0 aliphatic heterocycles. The highest BCUT2D eigenvalue weighted by atomic mass is 32.1. The number of anilines is 2. The molecule has 2 rings (SSSR count). The van der Waals surface area contributed by atoms with E-state index < -0.39 is 5.54 Å². The highest BCUT2D eigenvalue weighted by Crippen LogP contribution is 2.39. The van der Waals surface area contributed by atoms with Crippen LogP contribution in [0.3, 0.4) is 0 Å². The van der Waals surface area contributed by atoms with Crippen molar-refractivity contribution in [2.24, 2.45) is 0 Å². The number of thiazole rings is 1. The van der Waals surface area contributed by atoms with Gasteiger partial charge in [0, 0.05) is 11.1 Å². The summed E-state index contributed by atoms with van der Waals surface area (Å²) in [5.41, 5.74) is 7.29. The number of nitrogens with one attached hydrogen (secondary N) is 1. The quantitative estimate of drug-likeness (QED) is 0.802. The van der Waals surface area contributed by atoms with Crippen LogP contribution >= 0.6 is 22.9 Å². The first-order valence-electron chi connectivity index (χ1n) is 5.49. The molecule has 0 amide bonds. The van der Waals surface area contributed by atoms with Crippen LogP contribution in [0.25, 0.3) is 10.6 Å². The fraction of sp³-hybridized carbons (Fsp3) is 0.455. The summed E-state index contributed by atoms with van der Waals surface area (Å²) in [6.45, 7) is 5.81. The van der Waals surface area contributed by atoms with Crippen molar-refractivity contribution in [1.29, 1.82) is 0 Å². The van der Waals surface area contributed by atoms with Crippen LogP contribution in [0.2, 0.25) is 0 Å². The lowest BCUT2D eigenvalue weighted by Gasteiger charge is -2.24. The van der Waals surface area contributed by atoms with Crippen molar-refractivity contribution >= 4 is 33.7 Å². The third-order valence-corrected chi connectivity index (χ3v) is 4.15. The lowest BCUT2D eigenvalue weighted by molar-refractivity contribution is 0.234. The number of aryl methyl sites for hydroxylation is 1. The third-order valence-electron chi connectivity index (χ3n) is 2.40. The fourth-order valence-corrected chi connectivity index (χ4v) is 3.23. The highest BCUT2D eigenvalue weighted by Gasteiger charge is 2.22. The van der Waals surface area contributed by atoms with E-state index in [2.05, 4.69) is 14.7 Å². The average Bonchev–Trinajstić information content (AvgIpc) is 2.85. The van der Waals surface area contributed by atoms with E-state index in [0.717, 1.165) is 21.3 Å². The summed E-state index contributed by atoms with van der Waals surface area (Å²) < 4.78 is 4.16. The number of hydrogen-bond acceptors (Lipinski definition) is 7. The van der Waals surface area contributed by atoms with Crippen molar-refractivity contribution in [2.75, 3.05) is 17.7 Å². The van der Waals surface area contributed by atoms with Gasteiger partial charge in [0.2, 0.25) is 0 Å². The molecular weight excluding hydrogens is 268 g/mol. The van der Waals surface area contributed by atoms with E-state index in [1.807, 2.05) is 26.2 Å². The van der Waals surface area contributed by atoms with Gasteiger partial charge in [-0.15, -0.1) is 11.3 Å². The molecule has 2 aromatic rings. The van der Waals surface area contributed by atoms with Crippen molar-refractivity contribution in [1.82, 2.24) is 9.36 Å². The number of aromatic nitrogens is 2. The molecule has 5 nitrogen and oxygen atoms in total. The van der Waals surface area contributed by atoms with Gasteiger partial charge in [-0.05, 0) is 32.3 Å². The van der Waals surface area contributed by atoms with Gasteiger partial charge in [-0.3, -0.25) is 0 Å².